The first-order chi connectivity index (χ1) is 9.10. The van der Waals surface area contributed by atoms with Gasteiger partial charge >= 0.3 is 12.0 Å². The van der Waals surface area contributed by atoms with Crippen LogP contribution in [0.5, 0.6) is 0 Å². The van der Waals surface area contributed by atoms with Crippen molar-refractivity contribution in [3.05, 3.63) is 0 Å². The lowest BCUT2D eigenvalue weighted by Crippen LogP contribution is -2.53. The van der Waals surface area contributed by atoms with Gasteiger partial charge in [-0.2, -0.15) is 0 Å². The molecule has 1 atom stereocenters. The van der Waals surface area contributed by atoms with E-state index in [4.69, 9.17) is 16.6 Å². The Labute approximate surface area is 112 Å². The second-order valence-electron chi connectivity index (χ2n) is 4.60. The van der Waals surface area contributed by atoms with Gasteiger partial charge in [-0.3, -0.25) is 0 Å². The van der Waals surface area contributed by atoms with Crippen molar-refractivity contribution in [2.45, 2.75) is 44.2 Å². The predicted octanol–water partition coefficient (Wildman–Crippen LogP) is 0.409. The van der Waals surface area contributed by atoms with Gasteiger partial charge in [0.15, 0.2) is 0 Å². The van der Waals surface area contributed by atoms with E-state index >= 15 is 0 Å². The Balaban J connectivity index is 2.59. The lowest BCUT2D eigenvalue weighted by atomic mass is 9.91. The zero-order valence-corrected chi connectivity index (χ0v) is 10.8. The lowest BCUT2D eigenvalue weighted by molar-refractivity contribution is -0.139. The monoisotopic (exact) mass is 268 g/mol. The van der Waals surface area contributed by atoms with E-state index in [9.17, 15) is 9.59 Å². The highest BCUT2D eigenvalue weighted by Gasteiger charge is 2.30. The third kappa shape index (κ3) is 4.45. The summed E-state index contributed by atoms with van der Waals surface area (Å²) in [6.07, 6.45) is 8.44. The van der Waals surface area contributed by atoms with Gasteiger partial charge in [-0.05, 0) is 25.7 Å². The lowest BCUT2D eigenvalue weighted by Gasteiger charge is -2.38. The number of hydrogen-bond acceptors (Lipinski definition) is 3. The molecule has 0 aromatic heterocycles. The molecule has 3 N–H and O–H groups in total. The van der Waals surface area contributed by atoms with Crippen LogP contribution in [0.25, 0.3) is 0 Å². The molecule has 1 aliphatic carbocycles. The van der Waals surface area contributed by atoms with Crippen LogP contribution in [-0.2, 0) is 4.79 Å². The number of carboxylic acid groups (broad SMARTS) is 1. The van der Waals surface area contributed by atoms with Gasteiger partial charge in [-0.15, -0.1) is 12.3 Å². The molecule has 1 fully saturated rings. The van der Waals surface area contributed by atoms with E-state index in [1.54, 1.807) is 4.90 Å². The fourth-order valence-corrected chi connectivity index (χ4v) is 1.94. The van der Waals surface area contributed by atoms with E-state index in [2.05, 4.69) is 11.2 Å². The van der Waals surface area contributed by atoms with Crippen LogP contribution in [0, 0.1) is 12.3 Å². The van der Waals surface area contributed by atoms with Gasteiger partial charge in [0.05, 0.1) is 0 Å². The Bertz CT molecular complexity index is 360. The Kier molecular flexibility index (Phi) is 6.16. The van der Waals surface area contributed by atoms with Gasteiger partial charge < -0.3 is 20.4 Å². The van der Waals surface area contributed by atoms with Gasteiger partial charge in [0, 0.05) is 25.6 Å². The summed E-state index contributed by atoms with van der Waals surface area (Å²) in [5, 5.41) is 20.2. The van der Waals surface area contributed by atoms with E-state index in [-0.39, 0.29) is 19.1 Å². The average Bonchev–Trinajstić information content (AvgIpc) is 2.31. The van der Waals surface area contributed by atoms with E-state index in [0.29, 0.717) is 13.0 Å². The standard InChI is InChI=1S/C13H20N2O4/c1-2-5-11(12(17)18)14-13(19)15(8-4-9-16)10-6-3-7-10/h1,10-11,16H,3-9H2,(H,14,19)(H,17,18). The minimum Gasteiger partial charge on any atom is -0.480 e. The van der Waals surface area contributed by atoms with Crippen LogP contribution in [0.2, 0.25) is 0 Å². The Morgan fingerprint density at radius 2 is 2.16 bits per heavy atom. The molecule has 1 aliphatic rings. The summed E-state index contributed by atoms with van der Waals surface area (Å²) in [4.78, 5) is 24.6. The summed E-state index contributed by atoms with van der Waals surface area (Å²) in [5.41, 5.74) is 0. The highest BCUT2D eigenvalue weighted by Crippen LogP contribution is 2.25. The number of rotatable bonds is 7. The minimum atomic E-state index is -1.14. The second kappa shape index (κ2) is 7.64. The Hall–Kier alpha value is -1.74. The van der Waals surface area contributed by atoms with Crippen molar-refractivity contribution in [2.75, 3.05) is 13.2 Å². The van der Waals surface area contributed by atoms with Crippen molar-refractivity contribution in [1.82, 2.24) is 10.2 Å². The number of carboxylic acids is 1. The molecule has 6 nitrogen and oxygen atoms in total. The van der Waals surface area contributed by atoms with E-state index < -0.39 is 18.0 Å². The van der Waals surface area contributed by atoms with Crippen LogP contribution in [-0.4, -0.2) is 52.3 Å². The smallest absolute Gasteiger partial charge is 0.327 e. The average molecular weight is 268 g/mol. The molecule has 2 amide bonds. The van der Waals surface area contributed by atoms with Gasteiger partial charge in [0.2, 0.25) is 0 Å². The molecule has 0 bridgehead atoms. The maximum atomic E-state index is 12.1. The SMILES string of the molecule is C#CCC(NC(=O)N(CCCO)C1CCC1)C(=O)O. The molecule has 0 aromatic rings. The number of nitrogens with zero attached hydrogens (tertiary/aromatic N) is 1. The minimum absolute atomic E-state index is 0.00319. The summed E-state index contributed by atoms with van der Waals surface area (Å²) >= 11 is 0. The van der Waals surface area contributed by atoms with Crippen molar-refractivity contribution in [2.24, 2.45) is 0 Å². The quantitative estimate of drug-likeness (QED) is 0.583. The fourth-order valence-electron chi connectivity index (χ4n) is 1.94. The summed E-state index contributed by atoms with van der Waals surface area (Å²) in [7, 11) is 0. The molecular formula is C13H20N2O4. The summed E-state index contributed by atoms with van der Waals surface area (Å²) in [6.45, 7) is 0.429. The summed E-state index contributed by atoms with van der Waals surface area (Å²) < 4.78 is 0. The molecule has 6 heteroatoms. The number of terminal acetylenes is 1. The van der Waals surface area contributed by atoms with Crippen molar-refractivity contribution in [1.29, 1.82) is 0 Å². The number of carbonyl (C=O) groups is 2. The maximum Gasteiger partial charge on any atom is 0.327 e. The largest absolute Gasteiger partial charge is 0.480 e. The molecule has 0 aromatic carbocycles. The summed E-state index contributed by atoms with van der Waals surface area (Å²) in [6, 6.07) is -1.33. The first-order valence-corrected chi connectivity index (χ1v) is 6.44. The maximum absolute atomic E-state index is 12.1. The number of aliphatic hydroxyl groups is 1. The number of hydrogen-bond donors (Lipinski definition) is 3. The van der Waals surface area contributed by atoms with Crippen molar-refractivity contribution in [3.63, 3.8) is 0 Å². The molecule has 0 saturated heterocycles. The highest BCUT2D eigenvalue weighted by atomic mass is 16.4. The highest BCUT2D eigenvalue weighted by molar-refractivity contribution is 5.83. The van der Waals surface area contributed by atoms with E-state index in [1.807, 2.05) is 0 Å². The van der Waals surface area contributed by atoms with E-state index in [0.717, 1.165) is 19.3 Å². The molecule has 0 spiro atoms. The van der Waals surface area contributed by atoms with Crippen LogP contribution < -0.4 is 5.32 Å². The Morgan fingerprint density at radius 3 is 2.58 bits per heavy atom. The number of carbonyl (C=O) groups excluding carboxylic acids is 1. The molecule has 106 valence electrons. The van der Waals surface area contributed by atoms with Gasteiger partial charge in [0.25, 0.3) is 0 Å². The molecule has 1 saturated carbocycles. The van der Waals surface area contributed by atoms with Crippen LogP contribution in [0.4, 0.5) is 4.79 Å². The van der Waals surface area contributed by atoms with Crippen molar-refractivity contribution >= 4 is 12.0 Å². The molecule has 19 heavy (non-hydrogen) atoms. The normalized spacial score (nSPS) is 16.0. The molecule has 0 radical (unpaired) electrons. The number of urea groups is 1. The van der Waals surface area contributed by atoms with Gasteiger partial charge in [-0.25, -0.2) is 9.59 Å². The molecule has 1 unspecified atom stereocenters. The fraction of sp³-hybridized carbons (Fsp3) is 0.692. The van der Waals surface area contributed by atoms with Crippen LogP contribution in [0.1, 0.15) is 32.1 Å². The molecular weight excluding hydrogens is 248 g/mol. The third-order valence-corrected chi connectivity index (χ3v) is 3.25. The Morgan fingerprint density at radius 1 is 1.47 bits per heavy atom. The zero-order chi connectivity index (χ0) is 14.3. The van der Waals surface area contributed by atoms with E-state index in [1.165, 1.54) is 0 Å². The van der Waals surface area contributed by atoms with Crippen LogP contribution in [0.15, 0.2) is 0 Å². The zero-order valence-electron chi connectivity index (χ0n) is 10.8. The number of amides is 2. The van der Waals surface area contributed by atoms with Crippen LogP contribution >= 0.6 is 0 Å². The number of aliphatic hydroxyl groups excluding tert-OH is 1. The third-order valence-electron chi connectivity index (χ3n) is 3.25. The van der Waals surface area contributed by atoms with Gasteiger partial charge in [-0.1, -0.05) is 0 Å². The number of nitrogens with one attached hydrogen (secondary N) is 1. The molecule has 0 heterocycles. The van der Waals surface area contributed by atoms with Crippen molar-refractivity contribution in [3.8, 4) is 12.3 Å². The predicted molar refractivity (Wildman–Crippen MR) is 69.5 cm³/mol. The topological polar surface area (TPSA) is 89.9 Å². The second-order valence-corrected chi connectivity index (χ2v) is 4.60. The van der Waals surface area contributed by atoms with Gasteiger partial charge in [0.1, 0.15) is 6.04 Å². The summed E-state index contributed by atoms with van der Waals surface area (Å²) in [5.74, 6) is 1.10. The molecule has 0 aliphatic heterocycles. The first-order valence-electron chi connectivity index (χ1n) is 6.44. The molecule has 1 rings (SSSR count). The van der Waals surface area contributed by atoms with Crippen LogP contribution in [0.3, 0.4) is 0 Å². The number of aliphatic carboxylic acids is 1. The first kappa shape index (κ1) is 15.3. The van der Waals surface area contributed by atoms with Crippen molar-refractivity contribution < 1.29 is 19.8 Å².